The predicted molar refractivity (Wildman–Crippen MR) is 85.3 cm³/mol. The number of benzene rings is 1. The Morgan fingerprint density at radius 3 is 2.33 bits per heavy atom. The van der Waals surface area contributed by atoms with E-state index in [1.165, 1.54) is 0 Å². The Labute approximate surface area is 127 Å². The zero-order chi connectivity index (χ0) is 15.9. The number of methoxy groups -OCH3 is 1. The SMILES string of the molecule is CCCC(O)(CCC)c1cc(C(O)CCN)ccc1OC. The first kappa shape index (κ1) is 18.0. The van der Waals surface area contributed by atoms with E-state index in [1.807, 2.05) is 18.2 Å². The Morgan fingerprint density at radius 1 is 1.24 bits per heavy atom. The van der Waals surface area contributed by atoms with Crippen LogP contribution in [0, 0.1) is 0 Å². The second-order valence-corrected chi connectivity index (χ2v) is 5.58. The summed E-state index contributed by atoms with van der Waals surface area (Å²) in [5, 5.41) is 21.2. The van der Waals surface area contributed by atoms with Crippen molar-refractivity contribution in [1.82, 2.24) is 0 Å². The van der Waals surface area contributed by atoms with Gasteiger partial charge in [-0.2, -0.15) is 0 Å². The van der Waals surface area contributed by atoms with Crippen LogP contribution in [0.1, 0.15) is 63.2 Å². The summed E-state index contributed by atoms with van der Waals surface area (Å²) < 4.78 is 5.41. The van der Waals surface area contributed by atoms with E-state index in [-0.39, 0.29) is 0 Å². The zero-order valence-electron chi connectivity index (χ0n) is 13.4. The topological polar surface area (TPSA) is 75.7 Å². The maximum Gasteiger partial charge on any atom is 0.124 e. The molecule has 0 aromatic heterocycles. The molecular weight excluding hydrogens is 266 g/mol. The maximum absolute atomic E-state index is 11.0. The van der Waals surface area contributed by atoms with Gasteiger partial charge in [-0.05, 0) is 43.5 Å². The standard InChI is InChI=1S/C17H29NO3/c1-4-9-17(20,10-5-2)14-12-13(15(19)8-11-18)6-7-16(14)21-3/h6-7,12,15,19-20H,4-5,8-11,18H2,1-3H3. The van der Waals surface area contributed by atoms with Crippen LogP contribution in [0.4, 0.5) is 0 Å². The van der Waals surface area contributed by atoms with Gasteiger partial charge in [0.25, 0.3) is 0 Å². The highest BCUT2D eigenvalue weighted by atomic mass is 16.5. The molecule has 0 aliphatic heterocycles. The average molecular weight is 295 g/mol. The number of rotatable bonds is 9. The third-order valence-corrected chi connectivity index (χ3v) is 3.88. The third-order valence-electron chi connectivity index (χ3n) is 3.88. The monoisotopic (exact) mass is 295 g/mol. The summed E-state index contributed by atoms with van der Waals surface area (Å²) >= 11 is 0. The molecule has 0 heterocycles. The van der Waals surface area contributed by atoms with E-state index in [2.05, 4.69) is 13.8 Å². The van der Waals surface area contributed by atoms with Gasteiger partial charge in [-0.1, -0.05) is 32.8 Å². The number of hydrogen-bond acceptors (Lipinski definition) is 4. The van der Waals surface area contributed by atoms with Crippen LogP contribution in [0.15, 0.2) is 18.2 Å². The van der Waals surface area contributed by atoms with E-state index in [0.717, 1.165) is 24.0 Å². The lowest BCUT2D eigenvalue weighted by Gasteiger charge is -2.30. The van der Waals surface area contributed by atoms with Crippen LogP contribution in [0.5, 0.6) is 5.75 Å². The molecule has 0 aliphatic carbocycles. The minimum atomic E-state index is -0.909. The lowest BCUT2D eigenvalue weighted by Crippen LogP contribution is -2.26. The minimum Gasteiger partial charge on any atom is -0.496 e. The molecule has 4 heteroatoms. The molecule has 0 aliphatic rings. The molecule has 1 rings (SSSR count). The van der Waals surface area contributed by atoms with Crippen molar-refractivity contribution in [2.45, 2.75) is 57.7 Å². The fourth-order valence-corrected chi connectivity index (χ4v) is 2.84. The molecule has 0 saturated heterocycles. The van der Waals surface area contributed by atoms with Crippen LogP contribution < -0.4 is 10.5 Å². The van der Waals surface area contributed by atoms with Gasteiger partial charge in [0.1, 0.15) is 5.75 Å². The first-order valence-electron chi connectivity index (χ1n) is 7.81. The van der Waals surface area contributed by atoms with Gasteiger partial charge in [-0.25, -0.2) is 0 Å². The molecule has 0 saturated carbocycles. The molecule has 0 fully saturated rings. The van der Waals surface area contributed by atoms with E-state index in [9.17, 15) is 10.2 Å². The van der Waals surface area contributed by atoms with Crippen molar-refractivity contribution in [2.75, 3.05) is 13.7 Å². The molecule has 21 heavy (non-hydrogen) atoms. The van der Waals surface area contributed by atoms with Crippen LogP contribution >= 0.6 is 0 Å². The summed E-state index contributed by atoms with van der Waals surface area (Å²) in [5.41, 5.74) is 6.14. The van der Waals surface area contributed by atoms with Crippen molar-refractivity contribution in [3.05, 3.63) is 29.3 Å². The van der Waals surface area contributed by atoms with Crippen LogP contribution in [0.2, 0.25) is 0 Å². The van der Waals surface area contributed by atoms with Crippen molar-refractivity contribution in [1.29, 1.82) is 0 Å². The summed E-state index contributed by atoms with van der Waals surface area (Å²) in [6.07, 6.45) is 3.02. The van der Waals surface area contributed by atoms with Crippen molar-refractivity contribution in [3.63, 3.8) is 0 Å². The van der Waals surface area contributed by atoms with E-state index < -0.39 is 11.7 Å². The molecule has 0 radical (unpaired) electrons. The second kappa shape index (κ2) is 8.37. The molecule has 1 aromatic rings. The predicted octanol–water partition coefficient (Wildman–Crippen LogP) is 2.87. The fourth-order valence-electron chi connectivity index (χ4n) is 2.84. The van der Waals surface area contributed by atoms with Gasteiger partial charge in [0.05, 0.1) is 18.8 Å². The molecule has 4 N–H and O–H groups in total. The molecular formula is C17H29NO3. The van der Waals surface area contributed by atoms with E-state index >= 15 is 0 Å². The molecule has 120 valence electrons. The quantitative estimate of drug-likeness (QED) is 0.655. The number of nitrogens with two attached hydrogens (primary N) is 1. The number of ether oxygens (including phenoxy) is 1. The van der Waals surface area contributed by atoms with Gasteiger partial charge in [0, 0.05) is 5.56 Å². The van der Waals surface area contributed by atoms with E-state index in [1.54, 1.807) is 7.11 Å². The molecule has 0 bridgehead atoms. The Kier molecular flexibility index (Phi) is 7.15. The zero-order valence-corrected chi connectivity index (χ0v) is 13.4. The van der Waals surface area contributed by atoms with Crippen LogP contribution in [-0.2, 0) is 5.60 Å². The van der Waals surface area contributed by atoms with Crippen molar-refractivity contribution >= 4 is 0 Å². The first-order chi connectivity index (χ1) is 10.0. The highest BCUT2D eigenvalue weighted by Crippen LogP contribution is 2.38. The summed E-state index contributed by atoms with van der Waals surface area (Å²) in [6.45, 7) is 4.54. The summed E-state index contributed by atoms with van der Waals surface area (Å²) in [4.78, 5) is 0. The van der Waals surface area contributed by atoms with Crippen LogP contribution in [0.3, 0.4) is 0 Å². The number of hydrogen-bond donors (Lipinski definition) is 3. The lowest BCUT2D eigenvalue weighted by molar-refractivity contribution is 0.0145. The number of aliphatic hydroxyl groups is 2. The van der Waals surface area contributed by atoms with Crippen molar-refractivity contribution < 1.29 is 14.9 Å². The smallest absolute Gasteiger partial charge is 0.124 e. The molecule has 0 amide bonds. The van der Waals surface area contributed by atoms with Crippen molar-refractivity contribution in [2.24, 2.45) is 5.73 Å². The van der Waals surface area contributed by atoms with Gasteiger partial charge in [0.2, 0.25) is 0 Å². The van der Waals surface area contributed by atoms with Gasteiger partial charge >= 0.3 is 0 Å². The molecule has 1 unspecified atom stereocenters. The highest BCUT2D eigenvalue weighted by Gasteiger charge is 2.31. The average Bonchev–Trinajstić information content (AvgIpc) is 2.47. The Hall–Kier alpha value is -1.10. The van der Waals surface area contributed by atoms with Gasteiger partial charge in [-0.3, -0.25) is 0 Å². The van der Waals surface area contributed by atoms with Gasteiger partial charge < -0.3 is 20.7 Å². The van der Waals surface area contributed by atoms with Gasteiger partial charge in [0.15, 0.2) is 0 Å². The molecule has 1 aromatic carbocycles. The summed E-state index contributed by atoms with van der Waals surface area (Å²) in [5.74, 6) is 0.670. The lowest BCUT2D eigenvalue weighted by atomic mass is 9.83. The fraction of sp³-hybridized carbons (Fsp3) is 0.647. The summed E-state index contributed by atoms with van der Waals surface area (Å²) in [6, 6.07) is 5.52. The largest absolute Gasteiger partial charge is 0.496 e. The van der Waals surface area contributed by atoms with Crippen LogP contribution in [0.25, 0.3) is 0 Å². The number of aliphatic hydroxyl groups excluding tert-OH is 1. The Balaban J connectivity index is 3.25. The second-order valence-electron chi connectivity index (χ2n) is 5.58. The van der Waals surface area contributed by atoms with Crippen molar-refractivity contribution in [3.8, 4) is 5.75 Å². The highest BCUT2D eigenvalue weighted by molar-refractivity contribution is 5.42. The first-order valence-corrected chi connectivity index (χ1v) is 7.81. The normalized spacial score (nSPS) is 13.2. The third kappa shape index (κ3) is 4.43. The molecule has 1 atom stereocenters. The van der Waals surface area contributed by atoms with E-state index in [4.69, 9.17) is 10.5 Å². The minimum absolute atomic E-state index is 0.427. The van der Waals surface area contributed by atoms with Crippen LogP contribution in [-0.4, -0.2) is 23.9 Å². The molecule has 4 nitrogen and oxygen atoms in total. The van der Waals surface area contributed by atoms with E-state index in [0.29, 0.717) is 31.6 Å². The van der Waals surface area contributed by atoms with Gasteiger partial charge in [-0.15, -0.1) is 0 Å². The Bertz CT molecular complexity index is 428. The molecule has 0 spiro atoms. The Morgan fingerprint density at radius 2 is 1.86 bits per heavy atom. The summed E-state index contributed by atoms with van der Waals surface area (Å²) in [7, 11) is 1.60. The maximum atomic E-state index is 11.0.